The van der Waals surface area contributed by atoms with Crippen LogP contribution in [0.3, 0.4) is 0 Å². The van der Waals surface area contributed by atoms with Gasteiger partial charge >= 0.3 is 5.97 Å². The number of carboxylic acids is 1. The van der Waals surface area contributed by atoms with E-state index in [1.807, 2.05) is 0 Å². The number of carbonyl (C=O) groups is 5. The molecule has 2 heterocycles. The average molecular weight is 372 g/mol. The van der Waals surface area contributed by atoms with Crippen molar-refractivity contribution in [2.75, 3.05) is 5.75 Å². The van der Waals surface area contributed by atoms with Gasteiger partial charge in [0.2, 0.25) is 11.7 Å². The maximum absolute atomic E-state index is 13.0. The quantitative estimate of drug-likeness (QED) is 0.661. The number of piperazine rings is 1. The third-order valence-corrected chi connectivity index (χ3v) is 5.92. The number of Topliss-reactive ketones (excluding diaryl/α,β-unsaturated/α-hetero) is 2. The number of ketones is 2. The lowest BCUT2D eigenvalue weighted by Crippen LogP contribution is -2.71. The number of fused-ring (bicyclic) bond motifs is 2. The molecule has 0 saturated carbocycles. The zero-order chi connectivity index (χ0) is 18.6. The summed E-state index contributed by atoms with van der Waals surface area (Å²) < 4.78 is 0. The minimum atomic E-state index is -1.66. The fourth-order valence-electron chi connectivity index (χ4n) is 3.43. The minimum absolute atomic E-state index is 0.000496. The molecule has 0 aromatic heterocycles. The highest BCUT2D eigenvalue weighted by Gasteiger charge is 2.58. The van der Waals surface area contributed by atoms with Crippen LogP contribution in [0.2, 0.25) is 0 Å². The molecule has 9 heteroatoms. The zero-order valence-corrected chi connectivity index (χ0v) is 14.0. The van der Waals surface area contributed by atoms with Crippen LogP contribution in [0.25, 0.3) is 0 Å². The minimum Gasteiger partial charge on any atom is -0.481 e. The number of nitrogens with one attached hydrogen (secondary N) is 2. The fraction of sp³-hybridized carbons (Fsp3) is 0.235. The highest BCUT2D eigenvalue weighted by atomic mass is 32.2. The van der Waals surface area contributed by atoms with Gasteiger partial charge in [0, 0.05) is 16.9 Å². The lowest BCUT2D eigenvalue weighted by molar-refractivity contribution is -0.144. The average Bonchev–Trinajstić information content (AvgIpc) is 2.98. The highest BCUT2D eigenvalue weighted by molar-refractivity contribution is 8.04. The number of amides is 2. The van der Waals surface area contributed by atoms with E-state index < -0.39 is 41.6 Å². The van der Waals surface area contributed by atoms with Crippen molar-refractivity contribution in [2.24, 2.45) is 0 Å². The monoisotopic (exact) mass is 372 g/mol. The Morgan fingerprint density at radius 3 is 2.46 bits per heavy atom. The largest absolute Gasteiger partial charge is 0.481 e. The molecular formula is C17H12N2O6S. The number of benzene rings is 1. The van der Waals surface area contributed by atoms with Crippen molar-refractivity contribution in [1.29, 1.82) is 0 Å². The van der Waals surface area contributed by atoms with Gasteiger partial charge in [-0.2, -0.15) is 0 Å². The molecule has 1 spiro atoms. The second kappa shape index (κ2) is 5.53. The van der Waals surface area contributed by atoms with E-state index in [2.05, 4.69) is 10.6 Å². The molecule has 1 aromatic rings. The topological polar surface area (TPSA) is 130 Å². The molecule has 0 radical (unpaired) electrons. The molecule has 132 valence electrons. The van der Waals surface area contributed by atoms with E-state index in [1.165, 1.54) is 6.07 Å². The van der Waals surface area contributed by atoms with Gasteiger partial charge in [-0.1, -0.05) is 24.3 Å². The van der Waals surface area contributed by atoms with Crippen molar-refractivity contribution in [1.82, 2.24) is 10.6 Å². The van der Waals surface area contributed by atoms with Crippen molar-refractivity contribution in [3.8, 4) is 0 Å². The molecule has 1 aromatic carbocycles. The molecule has 1 fully saturated rings. The number of allylic oxidation sites excluding steroid dienone is 1. The number of carboxylic acid groups (broad SMARTS) is 1. The molecule has 2 atom stereocenters. The Bertz CT molecular complexity index is 952. The van der Waals surface area contributed by atoms with E-state index in [0.717, 1.165) is 11.8 Å². The summed E-state index contributed by atoms with van der Waals surface area (Å²) in [6.45, 7) is 0. The standard InChI is InChI=1S/C17H12N2O6S/c20-10(21)5-9-15(24)19-17(16(25)18-9)6-26-14-11(17)12(22)7-3-1-2-4-8(7)13(14)23/h1-4,9H,5-6H2,(H,18,25)(H,19,24)(H,20,21)/t9-,17+/m0/s1. The van der Waals surface area contributed by atoms with Crippen LogP contribution >= 0.6 is 11.8 Å². The smallest absolute Gasteiger partial charge is 0.305 e. The Hall–Kier alpha value is -2.94. The van der Waals surface area contributed by atoms with Crippen LogP contribution in [0.4, 0.5) is 0 Å². The Kier molecular flexibility index (Phi) is 3.52. The Labute approximate surface area is 151 Å². The predicted molar refractivity (Wildman–Crippen MR) is 89.6 cm³/mol. The van der Waals surface area contributed by atoms with Crippen molar-refractivity contribution >= 4 is 41.1 Å². The number of carbonyl (C=O) groups excluding carboxylic acids is 4. The van der Waals surface area contributed by atoms with Gasteiger partial charge in [-0.25, -0.2) is 0 Å². The van der Waals surface area contributed by atoms with Crippen molar-refractivity contribution in [3.05, 3.63) is 45.9 Å². The number of hydrogen-bond donors (Lipinski definition) is 3. The molecule has 26 heavy (non-hydrogen) atoms. The lowest BCUT2D eigenvalue weighted by atomic mass is 9.78. The van der Waals surface area contributed by atoms with Crippen molar-refractivity contribution in [3.63, 3.8) is 0 Å². The molecule has 3 N–H and O–H groups in total. The van der Waals surface area contributed by atoms with Crippen LogP contribution in [0.5, 0.6) is 0 Å². The van der Waals surface area contributed by atoms with Crippen LogP contribution in [0.1, 0.15) is 27.1 Å². The van der Waals surface area contributed by atoms with Crippen LogP contribution < -0.4 is 10.6 Å². The summed E-state index contributed by atoms with van der Waals surface area (Å²) in [5, 5.41) is 13.7. The first-order chi connectivity index (χ1) is 12.3. The second-order valence-electron chi connectivity index (χ2n) is 6.22. The van der Waals surface area contributed by atoms with E-state index in [1.54, 1.807) is 18.2 Å². The highest BCUT2D eigenvalue weighted by Crippen LogP contribution is 2.46. The molecule has 0 unspecified atom stereocenters. The third kappa shape index (κ3) is 2.13. The van der Waals surface area contributed by atoms with Gasteiger partial charge in [0.15, 0.2) is 11.3 Å². The Morgan fingerprint density at radius 2 is 1.81 bits per heavy atom. The number of hydrogen-bond acceptors (Lipinski definition) is 6. The molecule has 2 aliphatic heterocycles. The van der Waals surface area contributed by atoms with Crippen molar-refractivity contribution in [2.45, 2.75) is 18.0 Å². The lowest BCUT2D eigenvalue weighted by Gasteiger charge is -2.38. The summed E-state index contributed by atoms with van der Waals surface area (Å²) in [4.78, 5) is 61.8. The van der Waals surface area contributed by atoms with E-state index in [0.29, 0.717) is 0 Å². The molecule has 0 bridgehead atoms. The number of thioether (sulfide) groups is 1. The predicted octanol–water partition coefficient (Wildman–Crippen LogP) is -0.105. The Balaban J connectivity index is 1.77. The van der Waals surface area contributed by atoms with Gasteiger partial charge < -0.3 is 15.7 Å². The first-order valence-electron chi connectivity index (χ1n) is 7.76. The molecule has 1 saturated heterocycles. The van der Waals surface area contributed by atoms with Crippen LogP contribution in [0.15, 0.2) is 34.7 Å². The van der Waals surface area contributed by atoms with Gasteiger partial charge in [0.25, 0.3) is 5.91 Å². The van der Waals surface area contributed by atoms with Crippen LogP contribution in [0, 0.1) is 0 Å². The summed E-state index contributed by atoms with van der Waals surface area (Å²) >= 11 is 1.05. The van der Waals surface area contributed by atoms with Crippen LogP contribution in [-0.4, -0.2) is 51.8 Å². The van der Waals surface area contributed by atoms with E-state index in [9.17, 15) is 24.0 Å². The maximum Gasteiger partial charge on any atom is 0.305 e. The van der Waals surface area contributed by atoms with Gasteiger partial charge in [0.05, 0.1) is 16.9 Å². The van der Waals surface area contributed by atoms with Gasteiger partial charge in [-0.05, 0) is 0 Å². The van der Waals surface area contributed by atoms with Crippen molar-refractivity contribution < 1.29 is 29.1 Å². The molecule has 1 aliphatic carbocycles. The van der Waals surface area contributed by atoms with Gasteiger partial charge in [-0.3, -0.25) is 24.0 Å². The molecule has 8 nitrogen and oxygen atoms in total. The van der Waals surface area contributed by atoms with Crippen LogP contribution in [-0.2, 0) is 14.4 Å². The molecular weight excluding hydrogens is 360 g/mol. The maximum atomic E-state index is 13.0. The number of rotatable bonds is 2. The van der Waals surface area contributed by atoms with E-state index in [4.69, 9.17) is 5.11 Å². The van der Waals surface area contributed by atoms with E-state index >= 15 is 0 Å². The normalized spacial score (nSPS) is 27.2. The summed E-state index contributed by atoms with van der Waals surface area (Å²) in [5.74, 6) is -3.44. The summed E-state index contributed by atoms with van der Waals surface area (Å²) in [7, 11) is 0. The zero-order valence-electron chi connectivity index (χ0n) is 13.2. The van der Waals surface area contributed by atoms with Gasteiger partial charge in [-0.15, -0.1) is 11.8 Å². The number of aliphatic carboxylic acids is 1. The van der Waals surface area contributed by atoms with Gasteiger partial charge in [0.1, 0.15) is 6.04 Å². The second-order valence-corrected chi connectivity index (χ2v) is 7.20. The molecule has 2 amide bonds. The molecule has 3 aliphatic rings. The first-order valence-corrected chi connectivity index (χ1v) is 8.74. The summed E-state index contributed by atoms with van der Waals surface area (Å²) in [5.41, 5.74) is -1.24. The first kappa shape index (κ1) is 16.5. The Morgan fingerprint density at radius 1 is 1.15 bits per heavy atom. The third-order valence-electron chi connectivity index (χ3n) is 4.66. The summed E-state index contributed by atoms with van der Waals surface area (Å²) in [6, 6.07) is 5.10. The summed E-state index contributed by atoms with van der Waals surface area (Å²) in [6.07, 6.45) is -0.567. The van der Waals surface area contributed by atoms with E-state index in [-0.39, 0.29) is 33.1 Å². The SMILES string of the molecule is O=C(O)C[C@@H]1NC(=O)[C@]2(CSC3=C2C(=O)c2ccccc2C3=O)NC1=O. The molecule has 4 rings (SSSR count). The fourth-order valence-corrected chi connectivity index (χ4v) is 4.79.